The van der Waals surface area contributed by atoms with E-state index in [2.05, 4.69) is 10.2 Å². The van der Waals surface area contributed by atoms with Crippen LogP contribution in [0.15, 0.2) is 42.5 Å². The lowest BCUT2D eigenvalue weighted by Gasteiger charge is -2.36. The number of nitro groups is 1. The molecule has 1 amide bonds. The molecule has 0 saturated carbocycles. The number of halogens is 1. The van der Waals surface area contributed by atoms with Crippen LogP contribution < -0.4 is 19.9 Å². The molecule has 29 heavy (non-hydrogen) atoms. The normalized spacial score (nSPS) is 15.6. The number of amides is 1. The number of anilines is 2. The number of hydrogen-bond acceptors (Lipinski definition) is 5. The first kappa shape index (κ1) is 20.9. The monoisotopic (exact) mass is 419 g/mol. The van der Waals surface area contributed by atoms with Gasteiger partial charge in [-0.3, -0.25) is 14.9 Å². The lowest BCUT2D eigenvalue weighted by Crippen LogP contribution is -3.19. The van der Waals surface area contributed by atoms with Crippen molar-refractivity contribution in [3.8, 4) is 5.75 Å². The van der Waals surface area contributed by atoms with Crippen LogP contribution in [-0.4, -0.2) is 50.2 Å². The van der Waals surface area contributed by atoms with Crippen LogP contribution in [0.5, 0.6) is 5.75 Å². The maximum Gasteiger partial charge on any atom is 0.282 e. The van der Waals surface area contributed by atoms with E-state index in [1.54, 1.807) is 0 Å². The molecule has 8 nitrogen and oxygen atoms in total. The van der Waals surface area contributed by atoms with E-state index in [-0.39, 0.29) is 23.4 Å². The first-order chi connectivity index (χ1) is 13.9. The van der Waals surface area contributed by atoms with E-state index in [1.807, 2.05) is 31.2 Å². The number of methoxy groups -OCH3 is 1. The van der Waals surface area contributed by atoms with Gasteiger partial charge in [-0.1, -0.05) is 23.7 Å². The van der Waals surface area contributed by atoms with Crippen molar-refractivity contribution in [2.45, 2.75) is 13.0 Å². The predicted molar refractivity (Wildman–Crippen MR) is 112 cm³/mol. The number of ether oxygens (including phenoxy) is 1. The molecular formula is C20H24ClN4O4+. The molecule has 2 aromatic carbocycles. The Balaban J connectivity index is 1.61. The van der Waals surface area contributed by atoms with Crippen molar-refractivity contribution >= 4 is 34.6 Å². The quantitative estimate of drug-likeness (QED) is 0.552. The fraction of sp³-hybridized carbons (Fsp3) is 0.350. The van der Waals surface area contributed by atoms with E-state index in [9.17, 15) is 14.9 Å². The van der Waals surface area contributed by atoms with E-state index in [0.29, 0.717) is 5.69 Å². The van der Waals surface area contributed by atoms with Crippen molar-refractivity contribution in [1.82, 2.24) is 0 Å². The molecule has 1 heterocycles. The second kappa shape index (κ2) is 9.11. The van der Waals surface area contributed by atoms with Gasteiger partial charge < -0.3 is 19.9 Å². The molecule has 0 unspecified atom stereocenters. The summed E-state index contributed by atoms with van der Waals surface area (Å²) in [7, 11) is 1.41. The number of nitro benzene ring substituents is 1. The maximum absolute atomic E-state index is 12.7. The Hall–Kier alpha value is -2.84. The number of para-hydroxylation sites is 1. The molecule has 2 N–H and O–H groups in total. The number of nitrogens with zero attached hydrogens (tertiary/aromatic N) is 2. The molecule has 1 saturated heterocycles. The summed E-state index contributed by atoms with van der Waals surface area (Å²) in [6, 6.07) is 11.6. The number of nitrogens with one attached hydrogen (secondary N) is 2. The summed E-state index contributed by atoms with van der Waals surface area (Å²) in [5.41, 5.74) is 1.35. The summed E-state index contributed by atoms with van der Waals surface area (Å²) >= 11 is 6.29. The molecular weight excluding hydrogens is 396 g/mol. The Morgan fingerprint density at radius 2 is 1.97 bits per heavy atom. The summed E-state index contributed by atoms with van der Waals surface area (Å²) < 4.78 is 5.19. The molecule has 3 rings (SSSR count). The number of hydrogen-bond donors (Lipinski definition) is 2. The molecule has 1 atom stereocenters. The van der Waals surface area contributed by atoms with Gasteiger partial charge in [0.25, 0.3) is 11.6 Å². The highest BCUT2D eigenvalue weighted by molar-refractivity contribution is 6.33. The average molecular weight is 420 g/mol. The highest BCUT2D eigenvalue weighted by Crippen LogP contribution is 2.29. The molecule has 9 heteroatoms. The minimum Gasteiger partial charge on any atom is -0.494 e. The Bertz CT molecular complexity index is 900. The van der Waals surface area contributed by atoms with Crippen LogP contribution in [0.25, 0.3) is 0 Å². The molecule has 1 aliphatic heterocycles. The van der Waals surface area contributed by atoms with Crippen LogP contribution in [0.4, 0.5) is 17.1 Å². The van der Waals surface area contributed by atoms with Crippen molar-refractivity contribution in [2.24, 2.45) is 0 Å². The van der Waals surface area contributed by atoms with Crippen LogP contribution in [0.3, 0.4) is 0 Å². The van der Waals surface area contributed by atoms with Gasteiger partial charge in [0.05, 0.1) is 60.7 Å². The minimum absolute atomic E-state index is 0.0887. The van der Waals surface area contributed by atoms with E-state index in [4.69, 9.17) is 16.3 Å². The third-order valence-corrected chi connectivity index (χ3v) is 5.58. The summed E-state index contributed by atoms with van der Waals surface area (Å²) in [5.74, 6) is 0.108. The van der Waals surface area contributed by atoms with Gasteiger partial charge in [0.15, 0.2) is 6.04 Å². The van der Waals surface area contributed by atoms with Gasteiger partial charge in [-0.05, 0) is 25.1 Å². The molecule has 0 radical (unpaired) electrons. The molecule has 154 valence electrons. The Morgan fingerprint density at radius 3 is 2.59 bits per heavy atom. The average Bonchev–Trinajstić information content (AvgIpc) is 2.73. The van der Waals surface area contributed by atoms with Crippen LogP contribution in [-0.2, 0) is 4.79 Å². The van der Waals surface area contributed by atoms with E-state index in [0.717, 1.165) is 36.9 Å². The fourth-order valence-corrected chi connectivity index (χ4v) is 3.75. The number of quaternary nitrogens is 1. The molecule has 0 bridgehead atoms. The van der Waals surface area contributed by atoms with Crippen LogP contribution in [0.1, 0.15) is 6.92 Å². The lowest BCUT2D eigenvalue weighted by atomic mass is 10.2. The minimum atomic E-state index is -0.501. The molecule has 0 aliphatic carbocycles. The largest absolute Gasteiger partial charge is 0.494 e. The van der Waals surface area contributed by atoms with Crippen molar-refractivity contribution in [1.29, 1.82) is 0 Å². The van der Waals surface area contributed by atoms with Crippen molar-refractivity contribution in [3.05, 3.63) is 57.6 Å². The van der Waals surface area contributed by atoms with Gasteiger partial charge in [-0.2, -0.15) is 0 Å². The molecule has 1 aliphatic rings. The van der Waals surface area contributed by atoms with Crippen LogP contribution >= 0.6 is 11.6 Å². The van der Waals surface area contributed by atoms with E-state index >= 15 is 0 Å². The summed E-state index contributed by atoms with van der Waals surface area (Å²) in [4.78, 5) is 26.6. The number of carbonyl (C=O) groups excluding carboxylic acids is 1. The Kier molecular flexibility index (Phi) is 6.56. The van der Waals surface area contributed by atoms with Gasteiger partial charge in [0, 0.05) is 6.07 Å². The summed E-state index contributed by atoms with van der Waals surface area (Å²) in [6.07, 6.45) is 0. The number of piperazine rings is 1. The second-order valence-corrected chi connectivity index (χ2v) is 7.36. The first-order valence-corrected chi connectivity index (χ1v) is 9.76. The van der Waals surface area contributed by atoms with Crippen molar-refractivity contribution in [3.63, 3.8) is 0 Å². The van der Waals surface area contributed by atoms with Gasteiger partial charge in [0.2, 0.25) is 0 Å². The number of benzene rings is 2. The lowest BCUT2D eigenvalue weighted by molar-refractivity contribution is -0.914. The third kappa shape index (κ3) is 4.78. The second-order valence-electron chi connectivity index (χ2n) is 6.95. The number of carbonyl (C=O) groups is 1. The molecule has 1 fully saturated rings. The van der Waals surface area contributed by atoms with Gasteiger partial charge in [-0.15, -0.1) is 0 Å². The Labute approximate surface area is 174 Å². The standard InChI is InChI=1S/C20H23ClN4O4/c1-14(20(26)22-17-8-7-15(25(27)28)13-19(17)29-2)23-9-11-24(12-10-23)18-6-4-3-5-16(18)21/h3-8,13-14H,9-12H2,1-2H3,(H,22,26)/p+1/t14-/m0/s1. The molecule has 0 aromatic heterocycles. The zero-order valence-corrected chi connectivity index (χ0v) is 17.1. The van der Waals surface area contributed by atoms with E-state index in [1.165, 1.54) is 30.2 Å². The van der Waals surface area contributed by atoms with E-state index < -0.39 is 4.92 Å². The fourth-order valence-electron chi connectivity index (χ4n) is 3.50. The predicted octanol–water partition coefficient (Wildman–Crippen LogP) is 1.99. The first-order valence-electron chi connectivity index (χ1n) is 9.38. The Morgan fingerprint density at radius 1 is 1.28 bits per heavy atom. The zero-order valence-electron chi connectivity index (χ0n) is 16.4. The highest BCUT2D eigenvalue weighted by atomic mass is 35.5. The van der Waals surface area contributed by atoms with Crippen LogP contribution in [0, 0.1) is 10.1 Å². The highest BCUT2D eigenvalue weighted by Gasteiger charge is 2.30. The third-order valence-electron chi connectivity index (χ3n) is 5.26. The smallest absolute Gasteiger partial charge is 0.282 e. The SMILES string of the molecule is COc1cc([N+](=O)[O-])ccc1NC(=O)[C@H](C)[NH+]1CCN(c2ccccc2Cl)CC1. The van der Waals surface area contributed by atoms with Crippen molar-refractivity contribution < 1.29 is 19.4 Å². The molecule has 2 aromatic rings. The van der Waals surface area contributed by atoms with Gasteiger partial charge in [0.1, 0.15) is 5.75 Å². The zero-order chi connectivity index (χ0) is 21.0. The van der Waals surface area contributed by atoms with Crippen molar-refractivity contribution in [2.75, 3.05) is 43.5 Å². The summed E-state index contributed by atoms with van der Waals surface area (Å²) in [6.45, 7) is 5.09. The van der Waals surface area contributed by atoms with Crippen LogP contribution in [0.2, 0.25) is 5.02 Å². The number of non-ortho nitro benzene ring substituents is 1. The van der Waals surface area contributed by atoms with Gasteiger partial charge >= 0.3 is 0 Å². The topological polar surface area (TPSA) is 89.1 Å². The maximum atomic E-state index is 12.7. The number of rotatable bonds is 6. The summed E-state index contributed by atoms with van der Waals surface area (Å²) in [5, 5.41) is 14.5. The molecule has 0 spiro atoms. The van der Waals surface area contributed by atoms with Gasteiger partial charge in [-0.25, -0.2) is 0 Å².